The monoisotopic (exact) mass is 448 g/mol. The van der Waals surface area contributed by atoms with E-state index < -0.39 is 24.3 Å². The highest BCUT2D eigenvalue weighted by molar-refractivity contribution is 5.97. The van der Waals surface area contributed by atoms with Crippen LogP contribution in [0.25, 0.3) is 0 Å². The van der Waals surface area contributed by atoms with Crippen molar-refractivity contribution in [1.29, 1.82) is 0 Å². The summed E-state index contributed by atoms with van der Waals surface area (Å²) in [6.45, 7) is 1.21. The number of likely N-dealkylation sites (tertiary alicyclic amines) is 1. The van der Waals surface area contributed by atoms with Crippen LogP contribution in [0.4, 0.5) is 13.2 Å². The van der Waals surface area contributed by atoms with Gasteiger partial charge in [0.2, 0.25) is 0 Å². The van der Waals surface area contributed by atoms with E-state index in [1.165, 1.54) is 12.1 Å². The van der Waals surface area contributed by atoms with Crippen molar-refractivity contribution in [3.05, 3.63) is 65.2 Å². The van der Waals surface area contributed by atoms with E-state index in [1.54, 1.807) is 29.2 Å². The minimum atomic E-state index is -4.40. The van der Waals surface area contributed by atoms with E-state index in [4.69, 9.17) is 9.84 Å². The molecule has 2 aliphatic rings. The number of amides is 1. The topological polar surface area (TPSA) is 78.9 Å². The molecule has 0 aromatic heterocycles. The fraction of sp³-hybridized carbons (Fsp3) is 0.391. The van der Waals surface area contributed by atoms with Crippen LogP contribution in [-0.2, 0) is 11.0 Å². The molecule has 32 heavy (non-hydrogen) atoms. The first-order valence-electron chi connectivity index (χ1n) is 10.4. The minimum Gasteiger partial charge on any atom is -0.481 e. The van der Waals surface area contributed by atoms with Gasteiger partial charge in [-0.25, -0.2) is 4.79 Å². The lowest BCUT2D eigenvalue weighted by atomic mass is 9.82. The summed E-state index contributed by atoms with van der Waals surface area (Å²) in [5.74, 6) is -1.25. The summed E-state index contributed by atoms with van der Waals surface area (Å²) in [6.07, 6.45) is -3.67. The van der Waals surface area contributed by atoms with Gasteiger partial charge < -0.3 is 20.1 Å². The summed E-state index contributed by atoms with van der Waals surface area (Å²) < 4.78 is 44.2. The molecule has 1 amide bonds. The Bertz CT molecular complexity index is 993. The van der Waals surface area contributed by atoms with Gasteiger partial charge in [-0.2, -0.15) is 13.2 Å². The zero-order valence-electron chi connectivity index (χ0n) is 17.1. The number of aliphatic carboxylic acids is 1. The summed E-state index contributed by atoms with van der Waals surface area (Å²) in [6, 6.07) is 11.6. The van der Waals surface area contributed by atoms with E-state index in [-0.39, 0.29) is 35.1 Å². The molecule has 0 spiro atoms. The second-order valence-electron chi connectivity index (χ2n) is 8.09. The molecule has 0 radical (unpaired) electrons. The number of hydrogen-bond acceptors (Lipinski definition) is 4. The fourth-order valence-corrected chi connectivity index (χ4v) is 4.72. The van der Waals surface area contributed by atoms with Gasteiger partial charge in [0.1, 0.15) is 5.75 Å². The predicted molar refractivity (Wildman–Crippen MR) is 110 cm³/mol. The highest BCUT2D eigenvalue weighted by Gasteiger charge is 2.46. The van der Waals surface area contributed by atoms with E-state index in [1.807, 2.05) is 0 Å². The van der Waals surface area contributed by atoms with Crippen LogP contribution in [0.1, 0.15) is 33.8 Å². The Morgan fingerprint density at radius 3 is 2.53 bits per heavy atom. The Labute approximate surface area is 183 Å². The second kappa shape index (κ2) is 8.82. The number of nitrogens with zero attached hydrogens (tertiary/aromatic N) is 1. The van der Waals surface area contributed by atoms with Gasteiger partial charge in [0.05, 0.1) is 11.1 Å². The quantitative estimate of drug-likeness (QED) is 0.733. The van der Waals surface area contributed by atoms with Crippen molar-refractivity contribution >= 4 is 11.9 Å². The van der Waals surface area contributed by atoms with Gasteiger partial charge in [-0.1, -0.05) is 24.3 Å². The largest absolute Gasteiger partial charge is 0.481 e. The smallest absolute Gasteiger partial charge is 0.416 e. The van der Waals surface area contributed by atoms with Crippen LogP contribution in [0.3, 0.4) is 0 Å². The zero-order chi connectivity index (χ0) is 22.9. The molecule has 2 heterocycles. The molecule has 170 valence electrons. The molecule has 2 aliphatic heterocycles. The molecule has 3 atom stereocenters. The Kier molecular flexibility index (Phi) is 6.10. The van der Waals surface area contributed by atoms with Crippen molar-refractivity contribution in [1.82, 2.24) is 10.2 Å². The van der Waals surface area contributed by atoms with Crippen LogP contribution in [0.15, 0.2) is 48.5 Å². The number of ether oxygens (including phenoxy) is 1. The van der Waals surface area contributed by atoms with Crippen LogP contribution in [0.2, 0.25) is 0 Å². The van der Waals surface area contributed by atoms with Crippen molar-refractivity contribution in [2.75, 3.05) is 26.2 Å². The molecule has 2 fully saturated rings. The lowest BCUT2D eigenvalue weighted by molar-refractivity contribution is -0.139. The van der Waals surface area contributed by atoms with Gasteiger partial charge in [-0.05, 0) is 42.8 Å². The normalized spacial score (nSPS) is 23.0. The van der Waals surface area contributed by atoms with Crippen LogP contribution >= 0.6 is 0 Å². The maximum Gasteiger partial charge on any atom is 0.416 e. The standard InChI is InChI=1S/C23H23F3N2O4/c24-23(25,26)15-7-5-14(6-8-15)18-12-28(19-9-10-27-11-17(18)19)22(31)16-3-1-2-4-20(16)32-13-21(29)30/h1-8,17-19,27H,9-13H2,(H,29,30)/t17-,18-,19-/m1/s1. The minimum absolute atomic E-state index is 0.0661. The van der Waals surface area contributed by atoms with Crippen LogP contribution in [-0.4, -0.2) is 54.2 Å². The third kappa shape index (κ3) is 4.43. The first kappa shape index (κ1) is 22.1. The first-order valence-corrected chi connectivity index (χ1v) is 10.4. The summed E-state index contributed by atoms with van der Waals surface area (Å²) in [5.41, 5.74) is 0.344. The lowest BCUT2D eigenvalue weighted by Gasteiger charge is -2.33. The zero-order valence-corrected chi connectivity index (χ0v) is 17.1. The van der Waals surface area contributed by atoms with Crippen molar-refractivity contribution in [3.63, 3.8) is 0 Å². The lowest BCUT2D eigenvalue weighted by Crippen LogP contribution is -2.46. The number of nitrogens with one attached hydrogen (secondary N) is 1. The molecular weight excluding hydrogens is 425 g/mol. The highest BCUT2D eigenvalue weighted by atomic mass is 19.4. The maximum absolute atomic E-state index is 13.5. The second-order valence-corrected chi connectivity index (χ2v) is 8.09. The van der Waals surface area contributed by atoms with Crippen molar-refractivity contribution in [2.24, 2.45) is 5.92 Å². The average molecular weight is 448 g/mol. The van der Waals surface area contributed by atoms with Gasteiger partial charge in [0, 0.05) is 31.0 Å². The first-order chi connectivity index (χ1) is 15.3. The predicted octanol–water partition coefficient (Wildman–Crippen LogP) is 3.39. The van der Waals surface area contributed by atoms with Gasteiger partial charge in [0.25, 0.3) is 5.91 Å². The van der Waals surface area contributed by atoms with Crippen molar-refractivity contribution < 1.29 is 32.6 Å². The molecule has 2 saturated heterocycles. The number of carbonyl (C=O) groups is 2. The van der Waals surface area contributed by atoms with E-state index in [0.717, 1.165) is 30.7 Å². The number of rotatable bonds is 5. The van der Waals surface area contributed by atoms with E-state index in [9.17, 15) is 22.8 Å². The molecule has 0 bridgehead atoms. The number of para-hydroxylation sites is 1. The fourth-order valence-electron chi connectivity index (χ4n) is 4.72. The van der Waals surface area contributed by atoms with Gasteiger partial charge >= 0.3 is 12.1 Å². The molecule has 0 aliphatic carbocycles. The molecule has 4 rings (SSSR count). The number of carboxylic acids is 1. The van der Waals surface area contributed by atoms with Crippen molar-refractivity contribution in [3.8, 4) is 5.75 Å². The number of hydrogen-bond donors (Lipinski definition) is 2. The molecule has 2 N–H and O–H groups in total. The molecule has 0 saturated carbocycles. The summed E-state index contributed by atoms with van der Waals surface area (Å²) in [7, 11) is 0. The van der Waals surface area contributed by atoms with Crippen LogP contribution < -0.4 is 10.1 Å². The number of carboxylic acid groups (broad SMARTS) is 1. The highest BCUT2D eigenvalue weighted by Crippen LogP contribution is 2.41. The number of fused-ring (bicyclic) bond motifs is 1. The van der Waals surface area contributed by atoms with Gasteiger partial charge in [-0.3, -0.25) is 4.79 Å². The number of benzene rings is 2. The summed E-state index contributed by atoms with van der Waals surface area (Å²) in [5, 5.41) is 12.2. The molecule has 6 nitrogen and oxygen atoms in total. The number of carbonyl (C=O) groups excluding carboxylic acids is 1. The SMILES string of the molecule is O=C(O)COc1ccccc1C(=O)N1C[C@H](c2ccc(C(F)(F)F)cc2)[C@H]2CNCC[C@H]21. The molecule has 2 aromatic carbocycles. The average Bonchev–Trinajstić information content (AvgIpc) is 3.16. The van der Waals surface area contributed by atoms with Crippen LogP contribution in [0.5, 0.6) is 5.75 Å². The molecule has 9 heteroatoms. The van der Waals surface area contributed by atoms with E-state index in [0.29, 0.717) is 13.1 Å². The van der Waals surface area contributed by atoms with Gasteiger partial charge in [-0.15, -0.1) is 0 Å². The van der Waals surface area contributed by atoms with E-state index >= 15 is 0 Å². The molecule has 2 aromatic rings. The molecular formula is C23H23F3N2O4. The number of halogens is 3. The third-order valence-electron chi connectivity index (χ3n) is 6.20. The van der Waals surface area contributed by atoms with Crippen LogP contribution in [0, 0.1) is 5.92 Å². The van der Waals surface area contributed by atoms with Gasteiger partial charge in [0.15, 0.2) is 6.61 Å². The number of piperidine rings is 1. The molecule has 0 unspecified atom stereocenters. The Morgan fingerprint density at radius 2 is 1.84 bits per heavy atom. The Balaban J connectivity index is 1.60. The number of alkyl halides is 3. The summed E-state index contributed by atoms with van der Waals surface area (Å²) in [4.78, 5) is 26.1. The Hall–Kier alpha value is -3.07. The van der Waals surface area contributed by atoms with E-state index in [2.05, 4.69) is 5.32 Å². The van der Waals surface area contributed by atoms with Crippen molar-refractivity contribution in [2.45, 2.75) is 24.6 Å². The summed E-state index contributed by atoms with van der Waals surface area (Å²) >= 11 is 0. The third-order valence-corrected chi connectivity index (χ3v) is 6.20. The Morgan fingerprint density at radius 1 is 1.12 bits per heavy atom. The maximum atomic E-state index is 13.5.